The number of anilines is 2. The van der Waals surface area contributed by atoms with Crippen molar-refractivity contribution < 1.29 is 9.59 Å². The largest absolute Gasteiger partial charge is 0.344 e. The Kier molecular flexibility index (Phi) is 9.63. The molecule has 4 aromatic rings. The van der Waals surface area contributed by atoms with Crippen molar-refractivity contribution in [2.24, 2.45) is 0 Å². The van der Waals surface area contributed by atoms with Crippen molar-refractivity contribution >= 4 is 34.1 Å². The topological polar surface area (TPSA) is 136 Å². The van der Waals surface area contributed by atoms with Crippen LogP contribution in [0, 0.1) is 45.3 Å². The Morgan fingerprint density at radius 3 is 1.26 bits per heavy atom. The third kappa shape index (κ3) is 5.91. The number of carbonyl (C=O) groups excluding carboxylic acids is 2. The van der Waals surface area contributed by atoms with Crippen LogP contribution in [-0.4, -0.2) is 24.7 Å². The van der Waals surface area contributed by atoms with Gasteiger partial charge >= 0.3 is 0 Å². The van der Waals surface area contributed by atoms with Gasteiger partial charge in [0.15, 0.2) is 11.6 Å². The van der Waals surface area contributed by atoms with Crippen molar-refractivity contribution in [1.82, 2.24) is 0 Å². The van der Waals surface area contributed by atoms with Crippen LogP contribution in [0.4, 0.5) is 11.4 Å². The lowest BCUT2D eigenvalue weighted by molar-refractivity contribution is 0.103. The van der Waals surface area contributed by atoms with Gasteiger partial charge < -0.3 is 9.80 Å². The standard InChI is InChI=1S/2C27H21N3O/c2*1-27(2)22-11-5-7-17-8-6-14-30(25(17)22)23(27)13-12-21-24(18(15-28)16-29)19-9-3-4-10-20(19)26(21)31/h2*3-5,7,9-13H,6,8,14H2,1-2H3/b2*21-12-,23-13+. The maximum Gasteiger partial charge on any atom is 0.194 e. The number of aryl methyl sites for hydroxylation is 2. The van der Waals surface area contributed by atoms with Crippen molar-refractivity contribution in [3.05, 3.63) is 187 Å². The average molecular weight is 807 g/mol. The number of fused-ring (bicyclic) bond motifs is 2. The van der Waals surface area contributed by atoms with E-state index in [0.717, 1.165) is 50.2 Å². The first kappa shape index (κ1) is 39.7. The van der Waals surface area contributed by atoms with E-state index in [4.69, 9.17) is 0 Å². The summed E-state index contributed by atoms with van der Waals surface area (Å²) in [7, 11) is 0. The predicted molar refractivity (Wildman–Crippen MR) is 240 cm³/mol. The first-order valence-corrected chi connectivity index (χ1v) is 21.0. The number of allylic oxidation sites excluding steroid dienone is 12. The summed E-state index contributed by atoms with van der Waals surface area (Å²) < 4.78 is 0. The lowest BCUT2D eigenvalue weighted by Crippen LogP contribution is -2.29. The minimum Gasteiger partial charge on any atom is -0.344 e. The zero-order chi connectivity index (χ0) is 43.5. The summed E-state index contributed by atoms with van der Waals surface area (Å²) in [5.41, 5.74) is 13.9. The Bertz CT molecular complexity index is 2820. The van der Waals surface area contributed by atoms with Crippen LogP contribution in [0.2, 0.25) is 0 Å². The summed E-state index contributed by atoms with van der Waals surface area (Å²) in [6, 6.07) is 35.3. The molecule has 300 valence electrons. The maximum absolute atomic E-state index is 13.2. The lowest BCUT2D eigenvalue weighted by atomic mass is 9.83. The molecule has 0 unspecified atom stereocenters. The quantitative estimate of drug-likeness (QED) is 0.144. The molecule has 6 aliphatic rings. The van der Waals surface area contributed by atoms with Crippen LogP contribution >= 0.6 is 0 Å². The number of Topliss-reactive ketones (excluding diaryl/α,β-unsaturated/α-hetero) is 2. The molecule has 8 nitrogen and oxygen atoms in total. The molecule has 2 aliphatic carbocycles. The number of carbonyl (C=O) groups is 2. The molecule has 0 atom stereocenters. The van der Waals surface area contributed by atoms with Gasteiger partial charge in [0, 0.05) is 80.1 Å². The van der Waals surface area contributed by atoms with Crippen LogP contribution in [0.15, 0.2) is 143 Å². The minimum absolute atomic E-state index is 0.0304. The fourth-order valence-electron chi connectivity index (χ4n) is 10.4. The van der Waals surface area contributed by atoms with Gasteiger partial charge in [-0.05, 0) is 83.4 Å². The van der Waals surface area contributed by atoms with Gasteiger partial charge in [-0.1, -0.05) is 113 Å². The molecular formula is C54H42N6O2. The Morgan fingerprint density at radius 1 is 0.516 bits per heavy atom. The van der Waals surface area contributed by atoms with Crippen LogP contribution in [0.1, 0.15) is 94.6 Å². The molecule has 0 aromatic heterocycles. The molecule has 0 N–H and O–H groups in total. The van der Waals surface area contributed by atoms with Gasteiger partial charge in [0.2, 0.25) is 0 Å². The van der Waals surface area contributed by atoms with Crippen molar-refractivity contribution in [3.8, 4) is 24.3 Å². The van der Waals surface area contributed by atoms with Crippen LogP contribution in [0.5, 0.6) is 0 Å². The van der Waals surface area contributed by atoms with Gasteiger partial charge in [0.05, 0.1) is 0 Å². The predicted octanol–water partition coefficient (Wildman–Crippen LogP) is 10.5. The highest BCUT2D eigenvalue weighted by Crippen LogP contribution is 2.53. The molecule has 62 heavy (non-hydrogen) atoms. The molecule has 0 bridgehead atoms. The van der Waals surface area contributed by atoms with Crippen LogP contribution < -0.4 is 9.80 Å². The molecule has 0 saturated heterocycles. The number of benzene rings is 4. The third-order valence-corrected chi connectivity index (χ3v) is 13.3. The van der Waals surface area contributed by atoms with Crippen molar-refractivity contribution in [3.63, 3.8) is 0 Å². The van der Waals surface area contributed by atoms with E-state index in [1.807, 2.05) is 60.7 Å². The molecule has 0 spiro atoms. The highest BCUT2D eigenvalue weighted by atomic mass is 16.1. The van der Waals surface area contributed by atoms with Crippen molar-refractivity contribution in [2.45, 2.75) is 64.2 Å². The second-order valence-electron chi connectivity index (χ2n) is 17.3. The van der Waals surface area contributed by atoms with Crippen LogP contribution in [0.3, 0.4) is 0 Å². The van der Waals surface area contributed by atoms with Crippen molar-refractivity contribution in [1.29, 1.82) is 21.0 Å². The first-order chi connectivity index (χ1) is 30.0. The number of ketones is 2. The molecule has 8 heteroatoms. The van der Waals surface area contributed by atoms with Crippen molar-refractivity contribution in [2.75, 3.05) is 22.9 Å². The molecule has 0 radical (unpaired) electrons. The zero-order valence-corrected chi connectivity index (χ0v) is 35.1. The highest BCUT2D eigenvalue weighted by molar-refractivity contribution is 6.28. The number of hydrogen-bond acceptors (Lipinski definition) is 8. The number of hydrogen-bond donors (Lipinski definition) is 0. The Labute approximate surface area is 362 Å². The highest BCUT2D eigenvalue weighted by Gasteiger charge is 2.44. The third-order valence-electron chi connectivity index (χ3n) is 13.3. The number of nitrogens with zero attached hydrogens (tertiary/aromatic N) is 6. The molecule has 0 amide bonds. The maximum atomic E-state index is 13.2. The first-order valence-electron chi connectivity index (χ1n) is 21.0. The van der Waals surface area contributed by atoms with E-state index >= 15 is 0 Å². The Hall–Kier alpha value is -7.78. The normalized spacial score (nSPS) is 20.5. The number of para-hydroxylation sites is 2. The molecule has 4 aliphatic heterocycles. The molecule has 0 fully saturated rings. The smallest absolute Gasteiger partial charge is 0.194 e. The second kappa shape index (κ2) is 15.0. The van der Waals surface area contributed by atoms with Crippen LogP contribution in [-0.2, 0) is 23.7 Å². The fourth-order valence-corrected chi connectivity index (χ4v) is 10.4. The van der Waals surface area contributed by atoms with E-state index in [1.165, 1.54) is 33.6 Å². The summed E-state index contributed by atoms with van der Waals surface area (Å²) in [6.07, 6.45) is 12.0. The van der Waals surface area contributed by atoms with E-state index in [2.05, 4.69) is 73.9 Å². The summed E-state index contributed by atoms with van der Waals surface area (Å²) in [4.78, 5) is 31.1. The number of nitriles is 4. The Balaban J connectivity index is 0.000000158. The Morgan fingerprint density at radius 2 is 0.887 bits per heavy atom. The SMILES string of the molecule is CC1(C)/C(=C\C=C2/C(=O)c3ccccc3C2=C(C#N)C#N)N2CCCc3cccc1c32.CC1(C)/C(=C\C=C2/C(=O)c3ccccc3C2=C(C#N)C#N)N2CCCc3cccc1c32. The molecule has 4 aromatic carbocycles. The molecule has 4 heterocycles. The van der Waals surface area contributed by atoms with E-state index in [-0.39, 0.29) is 33.5 Å². The molecular weight excluding hydrogens is 765 g/mol. The lowest BCUT2D eigenvalue weighted by Gasteiger charge is -2.30. The summed E-state index contributed by atoms with van der Waals surface area (Å²) in [5.74, 6) is -0.281. The second-order valence-corrected chi connectivity index (χ2v) is 17.3. The van der Waals surface area contributed by atoms with E-state index < -0.39 is 0 Å². The van der Waals surface area contributed by atoms with E-state index in [1.54, 1.807) is 36.4 Å². The summed E-state index contributed by atoms with van der Waals surface area (Å²) in [6.45, 7) is 10.7. The molecule has 10 rings (SSSR count). The fraction of sp³-hybridized carbons (Fsp3) is 0.222. The average Bonchev–Trinajstić information content (AvgIpc) is 3.89. The van der Waals surface area contributed by atoms with E-state index in [9.17, 15) is 30.6 Å². The van der Waals surface area contributed by atoms with Gasteiger partial charge in [-0.15, -0.1) is 0 Å². The molecule has 0 saturated carbocycles. The summed E-state index contributed by atoms with van der Waals surface area (Å²) in [5, 5.41) is 38.1. The minimum atomic E-state index is -0.196. The summed E-state index contributed by atoms with van der Waals surface area (Å²) >= 11 is 0. The zero-order valence-electron chi connectivity index (χ0n) is 35.1. The number of rotatable bonds is 2. The van der Waals surface area contributed by atoms with Crippen LogP contribution in [0.25, 0.3) is 11.1 Å². The van der Waals surface area contributed by atoms with Gasteiger partial charge in [0.1, 0.15) is 35.4 Å². The van der Waals surface area contributed by atoms with Gasteiger partial charge in [0.25, 0.3) is 0 Å². The monoisotopic (exact) mass is 806 g/mol. The van der Waals surface area contributed by atoms with E-state index in [0.29, 0.717) is 44.5 Å². The van der Waals surface area contributed by atoms with Gasteiger partial charge in [-0.25, -0.2) is 0 Å². The van der Waals surface area contributed by atoms with Gasteiger partial charge in [-0.3, -0.25) is 9.59 Å². The van der Waals surface area contributed by atoms with Gasteiger partial charge in [-0.2, -0.15) is 21.0 Å².